The standard InChI is InChI=1S/C13H12BrN3O3/c14-11-2-1-10(20-11)13(19)17-8-7-16-12(18)9-3-5-15-6-4-9/h1-6H,7-8H2,(H,16,18)(H,17,19). The van der Waals surface area contributed by atoms with Crippen LogP contribution in [0.2, 0.25) is 0 Å². The van der Waals surface area contributed by atoms with Gasteiger partial charge in [-0.1, -0.05) is 0 Å². The quantitative estimate of drug-likeness (QED) is 0.811. The van der Waals surface area contributed by atoms with E-state index in [1.807, 2.05) is 0 Å². The van der Waals surface area contributed by atoms with Crippen LogP contribution in [0, 0.1) is 0 Å². The van der Waals surface area contributed by atoms with Gasteiger partial charge >= 0.3 is 0 Å². The van der Waals surface area contributed by atoms with E-state index in [1.54, 1.807) is 36.7 Å². The summed E-state index contributed by atoms with van der Waals surface area (Å²) in [6.45, 7) is 0.642. The third-order valence-corrected chi connectivity index (χ3v) is 2.86. The predicted octanol–water partition coefficient (Wildman–Crippen LogP) is 1.60. The molecule has 2 rings (SSSR count). The molecule has 2 aromatic heterocycles. The Hall–Kier alpha value is -2.15. The average Bonchev–Trinajstić information content (AvgIpc) is 2.91. The van der Waals surface area contributed by atoms with Gasteiger partial charge in [-0.15, -0.1) is 0 Å². The van der Waals surface area contributed by atoms with Gasteiger partial charge in [0, 0.05) is 31.0 Å². The number of rotatable bonds is 5. The van der Waals surface area contributed by atoms with Crippen LogP contribution in [0.25, 0.3) is 0 Å². The van der Waals surface area contributed by atoms with Crippen LogP contribution in [0.1, 0.15) is 20.9 Å². The maximum Gasteiger partial charge on any atom is 0.287 e. The number of nitrogens with one attached hydrogen (secondary N) is 2. The van der Waals surface area contributed by atoms with Crippen LogP contribution < -0.4 is 10.6 Å². The maximum absolute atomic E-state index is 11.7. The van der Waals surface area contributed by atoms with E-state index >= 15 is 0 Å². The molecule has 2 amide bonds. The van der Waals surface area contributed by atoms with Crippen molar-refractivity contribution in [1.29, 1.82) is 0 Å². The smallest absolute Gasteiger partial charge is 0.287 e. The largest absolute Gasteiger partial charge is 0.444 e. The van der Waals surface area contributed by atoms with Crippen LogP contribution in [-0.4, -0.2) is 29.9 Å². The first kappa shape index (κ1) is 14.3. The molecule has 0 bridgehead atoms. The monoisotopic (exact) mass is 337 g/mol. The molecule has 0 aliphatic heterocycles. The molecule has 2 aromatic rings. The highest BCUT2D eigenvalue weighted by Gasteiger charge is 2.09. The van der Waals surface area contributed by atoms with E-state index in [0.717, 1.165) is 0 Å². The average molecular weight is 338 g/mol. The van der Waals surface area contributed by atoms with E-state index in [9.17, 15) is 9.59 Å². The fourth-order valence-electron chi connectivity index (χ4n) is 1.48. The van der Waals surface area contributed by atoms with Crippen molar-refractivity contribution in [2.24, 2.45) is 0 Å². The fourth-order valence-corrected chi connectivity index (χ4v) is 1.79. The summed E-state index contributed by atoms with van der Waals surface area (Å²) < 4.78 is 5.60. The lowest BCUT2D eigenvalue weighted by Crippen LogP contribution is -2.34. The van der Waals surface area contributed by atoms with Gasteiger partial charge in [-0.05, 0) is 40.2 Å². The van der Waals surface area contributed by atoms with Crippen molar-refractivity contribution in [3.63, 3.8) is 0 Å². The number of carbonyl (C=O) groups is 2. The molecule has 0 aliphatic rings. The Bertz CT molecular complexity index is 598. The van der Waals surface area contributed by atoms with Gasteiger partial charge in [0.25, 0.3) is 11.8 Å². The van der Waals surface area contributed by atoms with Gasteiger partial charge in [0.15, 0.2) is 10.4 Å². The molecule has 2 heterocycles. The lowest BCUT2D eigenvalue weighted by atomic mass is 10.2. The summed E-state index contributed by atoms with van der Waals surface area (Å²) in [5.74, 6) is -0.311. The second kappa shape index (κ2) is 6.85. The van der Waals surface area contributed by atoms with Crippen LogP contribution in [0.4, 0.5) is 0 Å². The summed E-state index contributed by atoms with van der Waals surface area (Å²) in [6, 6.07) is 6.44. The minimum Gasteiger partial charge on any atom is -0.444 e. The highest BCUT2D eigenvalue weighted by atomic mass is 79.9. The molecule has 104 valence electrons. The number of halogens is 1. The van der Waals surface area contributed by atoms with Crippen LogP contribution >= 0.6 is 15.9 Å². The normalized spacial score (nSPS) is 10.1. The Morgan fingerprint density at radius 3 is 2.30 bits per heavy atom. The highest BCUT2D eigenvalue weighted by Crippen LogP contribution is 2.13. The minimum atomic E-state index is -0.325. The first-order chi connectivity index (χ1) is 9.66. The van der Waals surface area contributed by atoms with Gasteiger partial charge < -0.3 is 15.1 Å². The number of amides is 2. The van der Waals surface area contributed by atoms with Crippen molar-refractivity contribution in [3.05, 3.63) is 52.7 Å². The lowest BCUT2D eigenvalue weighted by Gasteiger charge is -2.05. The van der Waals surface area contributed by atoms with E-state index in [1.165, 1.54) is 0 Å². The van der Waals surface area contributed by atoms with Crippen molar-refractivity contribution in [1.82, 2.24) is 15.6 Å². The zero-order valence-electron chi connectivity index (χ0n) is 10.4. The van der Waals surface area contributed by atoms with Crippen molar-refractivity contribution in [2.75, 3.05) is 13.1 Å². The zero-order chi connectivity index (χ0) is 14.4. The van der Waals surface area contributed by atoms with Crippen LogP contribution in [0.5, 0.6) is 0 Å². The molecule has 6 nitrogen and oxygen atoms in total. The number of nitrogens with zero attached hydrogens (tertiary/aromatic N) is 1. The van der Waals surface area contributed by atoms with E-state index < -0.39 is 0 Å². The Morgan fingerprint density at radius 1 is 1.05 bits per heavy atom. The van der Waals surface area contributed by atoms with E-state index in [2.05, 4.69) is 31.5 Å². The molecule has 0 saturated heterocycles. The number of carbonyl (C=O) groups excluding carboxylic acids is 2. The van der Waals surface area contributed by atoms with E-state index in [-0.39, 0.29) is 17.6 Å². The minimum absolute atomic E-state index is 0.206. The molecule has 20 heavy (non-hydrogen) atoms. The number of pyridine rings is 1. The van der Waals surface area contributed by atoms with Crippen LogP contribution in [-0.2, 0) is 0 Å². The summed E-state index contributed by atoms with van der Waals surface area (Å²) >= 11 is 3.12. The first-order valence-electron chi connectivity index (χ1n) is 5.88. The zero-order valence-corrected chi connectivity index (χ0v) is 12.0. The second-order valence-corrected chi connectivity index (χ2v) is 4.63. The number of hydrogen-bond donors (Lipinski definition) is 2. The summed E-state index contributed by atoms with van der Waals surface area (Å²) in [4.78, 5) is 27.1. The first-order valence-corrected chi connectivity index (χ1v) is 6.68. The molecule has 7 heteroatoms. The van der Waals surface area contributed by atoms with Crippen molar-refractivity contribution >= 4 is 27.7 Å². The van der Waals surface area contributed by atoms with Gasteiger partial charge in [-0.2, -0.15) is 0 Å². The Kier molecular flexibility index (Phi) is 4.89. The molecule has 0 aromatic carbocycles. The molecular weight excluding hydrogens is 326 g/mol. The Labute approximate surface area is 123 Å². The van der Waals surface area contributed by atoms with Gasteiger partial charge in [0.05, 0.1) is 0 Å². The SMILES string of the molecule is O=C(NCCNC(=O)c1ccc(Br)o1)c1ccncc1. The van der Waals surface area contributed by atoms with Gasteiger partial charge in [-0.3, -0.25) is 14.6 Å². The van der Waals surface area contributed by atoms with Gasteiger partial charge in [0.1, 0.15) is 0 Å². The number of aromatic nitrogens is 1. The van der Waals surface area contributed by atoms with Crippen LogP contribution in [0.15, 0.2) is 45.7 Å². The molecular formula is C13H12BrN3O3. The summed E-state index contributed by atoms with van der Waals surface area (Å²) in [7, 11) is 0. The molecule has 0 saturated carbocycles. The topological polar surface area (TPSA) is 84.2 Å². The maximum atomic E-state index is 11.7. The molecule has 0 spiro atoms. The molecule has 0 aliphatic carbocycles. The molecule has 0 atom stereocenters. The van der Waals surface area contributed by atoms with Gasteiger partial charge in [0.2, 0.25) is 0 Å². The number of hydrogen-bond acceptors (Lipinski definition) is 4. The molecule has 0 fully saturated rings. The number of furan rings is 1. The molecule has 0 unspecified atom stereocenters. The second-order valence-electron chi connectivity index (χ2n) is 3.85. The molecule has 2 N–H and O–H groups in total. The molecule has 0 radical (unpaired) electrons. The summed E-state index contributed by atoms with van der Waals surface area (Å²) in [5.41, 5.74) is 0.529. The summed E-state index contributed by atoms with van der Waals surface area (Å²) in [5, 5.41) is 5.33. The summed E-state index contributed by atoms with van der Waals surface area (Å²) in [6.07, 6.45) is 3.09. The fraction of sp³-hybridized carbons (Fsp3) is 0.154. The third-order valence-electron chi connectivity index (χ3n) is 2.44. The predicted molar refractivity (Wildman–Crippen MR) is 75.3 cm³/mol. The Balaban J connectivity index is 1.72. The Morgan fingerprint density at radius 2 is 1.70 bits per heavy atom. The van der Waals surface area contributed by atoms with Crippen molar-refractivity contribution in [3.8, 4) is 0 Å². The van der Waals surface area contributed by atoms with Crippen LogP contribution in [0.3, 0.4) is 0 Å². The van der Waals surface area contributed by atoms with E-state index in [0.29, 0.717) is 23.3 Å². The van der Waals surface area contributed by atoms with Crippen molar-refractivity contribution in [2.45, 2.75) is 0 Å². The lowest BCUT2D eigenvalue weighted by molar-refractivity contribution is 0.0909. The van der Waals surface area contributed by atoms with E-state index in [4.69, 9.17) is 4.42 Å². The third kappa shape index (κ3) is 3.92. The highest BCUT2D eigenvalue weighted by molar-refractivity contribution is 9.10. The van der Waals surface area contributed by atoms with Gasteiger partial charge in [-0.25, -0.2) is 0 Å². The van der Waals surface area contributed by atoms with Crippen molar-refractivity contribution < 1.29 is 14.0 Å².